The number of aromatic nitrogens is 2. The SMILES string of the molecule is CCOC(=O)c1cccc(Nc2ncnc(N(CCC#N)CCC#N)c2N)c1. The maximum atomic E-state index is 11.9. The molecule has 0 spiro atoms. The van der Waals surface area contributed by atoms with Gasteiger partial charge in [-0.3, -0.25) is 0 Å². The quantitative estimate of drug-likeness (QED) is 0.629. The van der Waals surface area contributed by atoms with Gasteiger partial charge in [0.1, 0.15) is 12.0 Å². The Morgan fingerprint density at radius 1 is 1.25 bits per heavy atom. The standard InChI is InChI=1S/C19H21N7O2/c1-2-28-19(27)14-6-3-7-15(12-14)25-17-16(22)18(24-13-23-17)26(10-4-8-20)11-5-9-21/h3,6-7,12-13H,2,4-5,10-11,22H2,1H3,(H,23,24,25). The van der Waals surface area contributed by atoms with Crippen LogP contribution in [-0.2, 0) is 4.74 Å². The molecule has 0 saturated carbocycles. The molecular weight excluding hydrogens is 358 g/mol. The van der Waals surface area contributed by atoms with E-state index in [1.807, 2.05) is 0 Å². The third-order valence-electron chi connectivity index (χ3n) is 3.79. The number of nitrogens with two attached hydrogens (primary N) is 1. The van der Waals surface area contributed by atoms with Gasteiger partial charge < -0.3 is 20.7 Å². The molecule has 28 heavy (non-hydrogen) atoms. The van der Waals surface area contributed by atoms with Gasteiger partial charge in [0.15, 0.2) is 11.6 Å². The molecule has 0 aliphatic heterocycles. The van der Waals surface area contributed by atoms with Crippen molar-refractivity contribution in [3.05, 3.63) is 36.2 Å². The van der Waals surface area contributed by atoms with Crippen molar-refractivity contribution >= 4 is 29.0 Å². The number of benzene rings is 1. The van der Waals surface area contributed by atoms with Gasteiger partial charge in [-0.1, -0.05) is 6.07 Å². The molecule has 0 unspecified atom stereocenters. The van der Waals surface area contributed by atoms with E-state index >= 15 is 0 Å². The molecule has 144 valence electrons. The summed E-state index contributed by atoms with van der Waals surface area (Å²) in [5.41, 5.74) is 7.55. The molecular formula is C19H21N7O2. The summed E-state index contributed by atoms with van der Waals surface area (Å²) in [6.07, 6.45) is 1.91. The van der Waals surface area contributed by atoms with Crippen molar-refractivity contribution < 1.29 is 9.53 Å². The van der Waals surface area contributed by atoms with E-state index in [2.05, 4.69) is 27.4 Å². The van der Waals surface area contributed by atoms with Gasteiger partial charge in [-0.15, -0.1) is 0 Å². The summed E-state index contributed by atoms with van der Waals surface area (Å²) < 4.78 is 5.01. The lowest BCUT2D eigenvalue weighted by atomic mass is 10.2. The van der Waals surface area contributed by atoms with Crippen LogP contribution in [0.15, 0.2) is 30.6 Å². The molecule has 0 fully saturated rings. The number of hydrogen-bond donors (Lipinski definition) is 2. The summed E-state index contributed by atoms with van der Waals surface area (Å²) >= 11 is 0. The highest BCUT2D eigenvalue weighted by Crippen LogP contribution is 2.29. The molecule has 0 bridgehead atoms. The van der Waals surface area contributed by atoms with Crippen molar-refractivity contribution in [3.63, 3.8) is 0 Å². The summed E-state index contributed by atoms with van der Waals surface area (Å²) in [4.78, 5) is 22.1. The van der Waals surface area contributed by atoms with Crippen molar-refractivity contribution in [2.45, 2.75) is 19.8 Å². The molecule has 0 saturated heterocycles. The van der Waals surface area contributed by atoms with Crippen LogP contribution >= 0.6 is 0 Å². The third-order valence-corrected chi connectivity index (χ3v) is 3.79. The summed E-state index contributed by atoms with van der Waals surface area (Å²) in [6.45, 7) is 2.84. The van der Waals surface area contributed by atoms with Crippen molar-refractivity contribution in [1.29, 1.82) is 10.5 Å². The Morgan fingerprint density at radius 3 is 2.61 bits per heavy atom. The molecule has 0 atom stereocenters. The van der Waals surface area contributed by atoms with Gasteiger partial charge in [-0.25, -0.2) is 14.8 Å². The monoisotopic (exact) mass is 379 g/mol. The topological polar surface area (TPSA) is 141 Å². The van der Waals surface area contributed by atoms with Crippen LogP contribution in [0, 0.1) is 22.7 Å². The van der Waals surface area contributed by atoms with Crippen LogP contribution in [0.2, 0.25) is 0 Å². The zero-order valence-corrected chi connectivity index (χ0v) is 15.6. The van der Waals surface area contributed by atoms with E-state index < -0.39 is 5.97 Å². The van der Waals surface area contributed by atoms with Gasteiger partial charge >= 0.3 is 5.97 Å². The average Bonchev–Trinajstić information content (AvgIpc) is 2.70. The van der Waals surface area contributed by atoms with E-state index in [9.17, 15) is 4.79 Å². The van der Waals surface area contributed by atoms with Crippen molar-refractivity contribution in [3.8, 4) is 12.1 Å². The summed E-state index contributed by atoms with van der Waals surface area (Å²) in [5, 5.41) is 20.8. The van der Waals surface area contributed by atoms with Crippen LogP contribution in [0.3, 0.4) is 0 Å². The van der Waals surface area contributed by atoms with Crippen LogP contribution < -0.4 is 16.0 Å². The molecule has 0 aliphatic rings. The van der Waals surface area contributed by atoms with Crippen molar-refractivity contribution in [2.24, 2.45) is 0 Å². The molecule has 0 radical (unpaired) electrons. The number of esters is 1. The molecule has 2 rings (SSSR count). The highest BCUT2D eigenvalue weighted by molar-refractivity contribution is 5.91. The lowest BCUT2D eigenvalue weighted by Crippen LogP contribution is -2.27. The highest BCUT2D eigenvalue weighted by Gasteiger charge is 2.16. The Morgan fingerprint density at radius 2 is 1.96 bits per heavy atom. The molecule has 2 aromatic rings. The van der Waals surface area contributed by atoms with Crippen LogP contribution in [-0.4, -0.2) is 35.6 Å². The number of ether oxygens (including phenoxy) is 1. The molecule has 0 aliphatic carbocycles. The molecule has 1 aromatic carbocycles. The van der Waals surface area contributed by atoms with E-state index in [4.69, 9.17) is 21.0 Å². The van der Waals surface area contributed by atoms with E-state index in [1.54, 1.807) is 36.1 Å². The molecule has 1 aromatic heterocycles. The maximum absolute atomic E-state index is 11.9. The van der Waals surface area contributed by atoms with Crippen LogP contribution in [0.25, 0.3) is 0 Å². The summed E-state index contributed by atoms with van der Waals surface area (Å²) in [5.74, 6) is 0.399. The highest BCUT2D eigenvalue weighted by atomic mass is 16.5. The van der Waals surface area contributed by atoms with Crippen LogP contribution in [0.5, 0.6) is 0 Å². The largest absolute Gasteiger partial charge is 0.462 e. The fourth-order valence-electron chi connectivity index (χ4n) is 2.51. The Labute approximate surface area is 163 Å². The van der Waals surface area contributed by atoms with E-state index in [0.29, 0.717) is 48.3 Å². The number of nitriles is 2. The fourth-order valence-corrected chi connectivity index (χ4v) is 2.51. The van der Waals surface area contributed by atoms with Gasteiger partial charge in [0.05, 0.1) is 37.2 Å². The number of nitrogen functional groups attached to an aromatic ring is 1. The van der Waals surface area contributed by atoms with Gasteiger partial charge in [0.2, 0.25) is 0 Å². The third kappa shape index (κ3) is 5.32. The predicted molar refractivity (Wildman–Crippen MR) is 105 cm³/mol. The van der Waals surface area contributed by atoms with Crippen LogP contribution in [0.4, 0.5) is 23.0 Å². The van der Waals surface area contributed by atoms with E-state index in [-0.39, 0.29) is 12.8 Å². The first-order valence-electron chi connectivity index (χ1n) is 8.74. The number of nitrogens with zero attached hydrogens (tertiary/aromatic N) is 5. The van der Waals surface area contributed by atoms with Crippen molar-refractivity contribution in [1.82, 2.24) is 9.97 Å². The molecule has 1 heterocycles. The summed E-state index contributed by atoms with van der Waals surface area (Å²) in [6, 6.07) is 10.9. The maximum Gasteiger partial charge on any atom is 0.338 e. The molecule has 0 amide bonds. The Balaban J connectivity index is 2.27. The predicted octanol–water partition coefficient (Wildman–Crippen LogP) is 2.61. The number of rotatable bonds is 9. The number of nitrogens with one attached hydrogen (secondary N) is 1. The number of anilines is 4. The molecule has 9 nitrogen and oxygen atoms in total. The second kappa shape index (κ2) is 10.3. The lowest BCUT2D eigenvalue weighted by molar-refractivity contribution is 0.0526. The molecule has 9 heteroatoms. The second-order valence-electron chi connectivity index (χ2n) is 5.69. The Hall–Kier alpha value is -3.85. The molecule has 3 N–H and O–H groups in total. The van der Waals surface area contributed by atoms with E-state index in [0.717, 1.165) is 0 Å². The van der Waals surface area contributed by atoms with Gasteiger partial charge in [-0.05, 0) is 25.1 Å². The minimum Gasteiger partial charge on any atom is -0.462 e. The number of carbonyl (C=O) groups excluding carboxylic acids is 1. The number of carbonyl (C=O) groups is 1. The second-order valence-corrected chi connectivity index (χ2v) is 5.69. The van der Waals surface area contributed by atoms with Gasteiger partial charge in [0.25, 0.3) is 0 Å². The minimum absolute atomic E-state index is 0.277. The average molecular weight is 379 g/mol. The normalized spacial score (nSPS) is 9.82. The first kappa shape index (κ1) is 20.5. The summed E-state index contributed by atoms with van der Waals surface area (Å²) in [7, 11) is 0. The minimum atomic E-state index is -0.415. The van der Waals surface area contributed by atoms with Crippen LogP contribution in [0.1, 0.15) is 30.1 Å². The van der Waals surface area contributed by atoms with Gasteiger partial charge in [-0.2, -0.15) is 10.5 Å². The fraction of sp³-hybridized carbons (Fsp3) is 0.316. The van der Waals surface area contributed by atoms with E-state index in [1.165, 1.54) is 6.33 Å². The Bertz CT molecular complexity index is 884. The first-order valence-corrected chi connectivity index (χ1v) is 8.74. The van der Waals surface area contributed by atoms with Gasteiger partial charge in [0, 0.05) is 18.8 Å². The Kier molecular flexibility index (Phi) is 7.55. The van der Waals surface area contributed by atoms with Crippen molar-refractivity contribution in [2.75, 3.05) is 35.6 Å². The first-order chi connectivity index (χ1) is 13.6. The smallest absolute Gasteiger partial charge is 0.338 e. The lowest BCUT2D eigenvalue weighted by Gasteiger charge is -2.23. The zero-order chi connectivity index (χ0) is 20.4. The zero-order valence-electron chi connectivity index (χ0n) is 15.6. The number of hydrogen-bond acceptors (Lipinski definition) is 9.